The molecule has 0 N–H and O–H groups in total. The molecule has 0 aliphatic carbocycles. The standard InChI is InChI=1S/C19H28N6O/c1-14-12-18(23(3)21-14)25-10-6-16(19(25)26)24-8-4-15(5-9-24)13-17-20-7-11-22(17)2/h7,11-12,15-16H,4-6,8-10,13H2,1-3H3. The van der Waals surface area contributed by atoms with E-state index in [9.17, 15) is 4.79 Å². The molecule has 0 aromatic carbocycles. The molecule has 2 aromatic heterocycles. The van der Waals surface area contributed by atoms with Crippen LogP contribution in [0.1, 0.15) is 30.8 Å². The summed E-state index contributed by atoms with van der Waals surface area (Å²) in [5.41, 5.74) is 0.953. The molecule has 4 rings (SSSR count). The zero-order chi connectivity index (χ0) is 18.3. The Hall–Kier alpha value is -2.15. The van der Waals surface area contributed by atoms with Crippen LogP contribution in [0.5, 0.6) is 0 Å². The van der Waals surface area contributed by atoms with Crippen molar-refractivity contribution < 1.29 is 4.79 Å². The number of nitrogens with zero attached hydrogens (tertiary/aromatic N) is 6. The molecular weight excluding hydrogens is 328 g/mol. The van der Waals surface area contributed by atoms with E-state index in [1.54, 1.807) is 0 Å². The number of carbonyl (C=O) groups is 1. The molecule has 2 aromatic rings. The van der Waals surface area contributed by atoms with Gasteiger partial charge in [-0.05, 0) is 45.2 Å². The first kappa shape index (κ1) is 17.3. The molecule has 140 valence electrons. The van der Waals surface area contributed by atoms with Crippen molar-refractivity contribution in [2.75, 3.05) is 24.5 Å². The molecule has 26 heavy (non-hydrogen) atoms. The number of aryl methyl sites for hydroxylation is 3. The van der Waals surface area contributed by atoms with Gasteiger partial charge in [-0.25, -0.2) is 4.98 Å². The van der Waals surface area contributed by atoms with E-state index in [1.807, 2.05) is 42.0 Å². The van der Waals surface area contributed by atoms with Crippen LogP contribution in [0.2, 0.25) is 0 Å². The number of imidazole rings is 1. The number of hydrogen-bond acceptors (Lipinski definition) is 4. The Morgan fingerprint density at radius 3 is 2.54 bits per heavy atom. The minimum atomic E-state index is 0.0271. The molecule has 0 spiro atoms. The molecule has 1 atom stereocenters. The minimum Gasteiger partial charge on any atom is -0.338 e. The lowest BCUT2D eigenvalue weighted by atomic mass is 9.92. The molecule has 1 unspecified atom stereocenters. The fourth-order valence-corrected chi connectivity index (χ4v) is 4.40. The third-order valence-electron chi connectivity index (χ3n) is 5.91. The molecule has 0 saturated carbocycles. The number of likely N-dealkylation sites (tertiary alicyclic amines) is 1. The Labute approximate surface area is 154 Å². The predicted octanol–water partition coefficient (Wildman–Crippen LogP) is 1.52. The van der Waals surface area contributed by atoms with Gasteiger partial charge in [0.25, 0.3) is 0 Å². The maximum atomic E-state index is 13.0. The van der Waals surface area contributed by atoms with E-state index >= 15 is 0 Å². The smallest absolute Gasteiger partial charge is 0.245 e. The van der Waals surface area contributed by atoms with Gasteiger partial charge in [-0.2, -0.15) is 5.10 Å². The van der Waals surface area contributed by atoms with E-state index in [0.717, 1.165) is 62.7 Å². The molecule has 7 heteroatoms. The minimum absolute atomic E-state index is 0.0271. The van der Waals surface area contributed by atoms with Crippen molar-refractivity contribution >= 4 is 11.7 Å². The van der Waals surface area contributed by atoms with Crippen LogP contribution in [0.25, 0.3) is 0 Å². The summed E-state index contributed by atoms with van der Waals surface area (Å²) in [7, 11) is 3.97. The predicted molar refractivity (Wildman–Crippen MR) is 99.9 cm³/mol. The Balaban J connectivity index is 1.35. The van der Waals surface area contributed by atoms with Crippen LogP contribution in [0.4, 0.5) is 5.82 Å². The quantitative estimate of drug-likeness (QED) is 0.833. The van der Waals surface area contributed by atoms with Gasteiger partial charge < -0.3 is 4.57 Å². The van der Waals surface area contributed by atoms with Crippen molar-refractivity contribution in [3.63, 3.8) is 0 Å². The van der Waals surface area contributed by atoms with Gasteiger partial charge in [0.1, 0.15) is 11.6 Å². The maximum Gasteiger partial charge on any atom is 0.245 e. The van der Waals surface area contributed by atoms with Crippen molar-refractivity contribution in [3.05, 3.63) is 30.0 Å². The fourth-order valence-electron chi connectivity index (χ4n) is 4.40. The normalized spacial score (nSPS) is 22.5. The Bertz CT molecular complexity index is 786. The molecule has 0 bridgehead atoms. The van der Waals surface area contributed by atoms with Crippen LogP contribution >= 0.6 is 0 Å². The van der Waals surface area contributed by atoms with E-state index in [0.29, 0.717) is 5.92 Å². The summed E-state index contributed by atoms with van der Waals surface area (Å²) in [5.74, 6) is 2.98. The van der Waals surface area contributed by atoms with E-state index in [4.69, 9.17) is 0 Å². The zero-order valence-corrected chi connectivity index (χ0v) is 15.9. The molecule has 7 nitrogen and oxygen atoms in total. The van der Waals surface area contributed by atoms with Crippen LogP contribution in [-0.2, 0) is 25.3 Å². The summed E-state index contributed by atoms with van der Waals surface area (Å²) in [5, 5.41) is 4.38. The first-order chi connectivity index (χ1) is 12.5. The van der Waals surface area contributed by atoms with Crippen LogP contribution in [0.15, 0.2) is 18.5 Å². The van der Waals surface area contributed by atoms with Crippen molar-refractivity contribution in [3.8, 4) is 0 Å². The van der Waals surface area contributed by atoms with E-state index in [1.165, 1.54) is 0 Å². The van der Waals surface area contributed by atoms with Gasteiger partial charge in [-0.1, -0.05) is 0 Å². The molecule has 0 radical (unpaired) electrons. The van der Waals surface area contributed by atoms with Crippen LogP contribution in [-0.4, -0.2) is 55.8 Å². The van der Waals surface area contributed by atoms with Crippen molar-refractivity contribution in [2.45, 2.75) is 38.6 Å². The van der Waals surface area contributed by atoms with Crippen LogP contribution in [0, 0.1) is 12.8 Å². The molecule has 4 heterocycles. The third kappa shape index (κ3) is 3.16. The maximum absolute atomic E-state index is 13.0. The van der Waals surface area contributed by atoms with Gasteiger partial charge in [-0.15, -0.1) is 0 Å². The Kier molecular flexibility index (Phi) is 4.56. The molecule has 2 aliphatic rings. The number of hydrogen-bond donors (Lipinski definition) is 0. The molecule has 2 aliphatic heterocycles. The summed E-state index contributed by atoms with van der Waals surface area (Å²) in [6.07, 6.45) is 8.11. The summed E-state index contributed by atoms with van der Waals surface area (Å²) in [4.78, 5) is 21.7. The summed E-state index contributed by atoms with van der Waals surface area (Å²) >= 11 is 0. The second kappa shape index (κ2) is 6.87. The molecule has 2 saturated heterocycles. The number of rotatable bonds is 4. The number of anilines is 1. The summed E-state index contributed by atoms with van der Waals surface area (Å²) < 4.78 is 3.93. The molecule has 2 fully saturated rings. The highest BCUT2D eigenvalue weighted by molar-refractivity contribution is 5.98. The molecule has 1 amide bonds. The molecular formula is C19H28N6O. The highest BCUT2D eigenvalue weighted by Crippen LogP contribution is 2.28. The van der Waals surface area contributed by atoms with Gasteiger partial charge >= 0.3 is 0 Å². The summed E-state index contributed by atoms with van der Waals surface area (Å²) in [6.45, 7) is 4.76. The fraction of sp³-hybridized carbons (Fsp3) is 0.632. The number of aromatic nitrogens is 4. The van der Waals surface area contributed by atoms with Gasteiger partial charge in [0.05, 0.1) is 11.7 Å². The van der Waals surface area contributed by atoms with E-state index < -0.39 is 0 Å². The average Bonchev–Trinajstić information content (AvgIpc) is 3.28. The van der Waals surface area contributed by atoms with E-state index in [2.05, 4.69) is 26.6 Å². The lowest BCUT2D eigenvalue weighted by Crippen LogP contribution is -2.46. The Morgan fingerprint density at radius 1 is 1.15 bits per heavy atom. The topological polar surface area (TPSA) is 59.2 Å². The van der Waals surface area contributed by atoms with Gasteiger partial charge in [-0.3, -0.25) is 19.3 Å². The third-order valence-corrected chi connectivity index (χ3v) is 5.91. The first-order valence-electron chi connectivity index (χ1n) is 9.55. The van der Waals surface area contributed by atoms with Gasteiger partial charge in [0.15, 0.2) is 0 Å². The lowest BCUT2D eigenvalue weighted by molar-refractivity contribution is -0.122. The number of amides is 1. The Morgan fingerprint density at radius 2 is 1.92 bits per heavy atom. The largest absolute Gasteiger partial charge is 0.338 e. The van der Waals surface area contributed by atoms with Crippen LogP contribution < -0.4 is 4.90 Å². The number of piperidine rings is 1. The second-order valence-corrected chi connectivity index (χ2v) is 7.70. The highest BCUT2D eigenvalue weighted by atomic mass is 16.2. The first-order valence-corrected chi connectivity index (χ1v) is 9.55. The van der Waals surface area contributed by atoms with Crippen LogP contribution in [0.3, 0.4) is 0 Å². The van der Waals surface area contributed by atoms with Crippen molar-refractivity contribution in [2.24, 2.45) is 20.0 Å². The van der Waals surface area contributed by atoms with Crippen molar-refractivity contribution in [1.29, 1.82) is 0 Å². The summed E-state index contributed by atoms with van der Waals surface area (Å²) in [6, 6.07) is 2.03. The lowest BCUT2D eigenvalue weighted by Gasteiger charge is -2.35. The SMILES string of the molecule is Cc1cc(N2CCC(N3CCC(Cc4nccn4C)CC3)C2=O)n(C)n1. The zero-order valence-electron chi connectivity index (χ0n) is 15.9. The van der Waals surface area contributed by atoms with E-state index in [-0.39, 0.29) is 11.9 Å². The average molecular weight is 356 g/mol. The second-order valence-electron chi connectivity index (χ2n) is 7.70. The highest BCUT2D eigenvalue weighted by Gasteiger charge is 2.39. The van der Waals surface area contributed by atoms with Gasteiger partial charge in [0, 0.05) is 45.5 Å². The monoisotopic (exact) mass is 356 g/mol. The number of carbonyl (C=O) groups excluding carboxylic acids is 1. The van der Waals surface area contributed by atoms with Gasteiger partial charge in [0.2, 0.25) is 5.91 Å². The van der Waals surface area contributed by atoms with Crippen molar-refractivity contribution in [1.82, 2.24) is 24.2 Å².